The van der Waals surface area contributed by atoms with Crippen LogP contribution in [0.2, 0.25) is 5.02 Å². The van der Waals surface area contributed by atoms with E-state index in [2.05, 4.69) is 33.0 Å². The lowest BCUT2D eigenvalue weighted by molar-refractivity contribution is -0.117. The molecule has 0 radical (unpaired) electrons. The molecule has 1 aromatic rings. The van der Waals surface area contributed by atoms with Crippen LogP contribution in [0.25, 0.3) is 0 Å². The van der Waals surface area contributed by atoms with Gasteiger partial charge in [-0.3, -0.25) is 4.79 Å². The summed E-state index contributed by atoms with van der Waals surface area (Å²) in [4.78, 5) is 11.9. The van der Waals surface area contributed by atoms with Gasteiger partial charge < -0.3 is 10.4 Å². The van der Waals surface area contributed by atoms with Crippen LogP contribution in [0.15, 0.2) is 18.2 Å². The van der Waals surface area contributed by atoms with Crippen LogP contribution in [-0.2, 0) is 4.79 Å². The highest BCUT2D eigenvalue weighted by Crippen LogP contribution is 2.30. The largest absolute Gasteiger partial charge is 0.508 e. The fourth-order valence-electron chi connectivity index (χ4n) is 1.39. The first-order valence-electron chi connectivity index (χ1n) is 5.98. The molecule has 0 aliphatic carbocycles. The molecular formula is C14H20ClNO2. The van der Waals surface area contributed by atoms with Gasteiger partial charge in [-0.2, -0.15) is 0 Å². The SMILES string of the molecule is CC(CC(=O)Nc1ccc(O)cc1Cl)C(C)(C)C. The highest BCUT2D eigenvalue weighted by Gasteiger charge is 2.22. The van der Waals surface area contributed by atoms with Gasteiger partial charge in [-0.1, -0.05) is 39.3 Å². The molecular weight excluding hydrogens is 250 g/mol. The molecule has 0 heterocycles. The van der Waals surface area contributed by atoms with Crippen LogP contribution in [0, 0.1) is 11.3 Å². The summed E-state index contributed by atoms with van der Waals surface area (Å²) in [6, 6.07) is 4.50. The van der Waals surface area contributed by atoms with Crippen LogP contribution >= 0.6 is 11.6 Å². The number of phenols is 1. The predicted molar refractivity (Wildman–Crippen MR) is 75.0 cm³/mol. The van der Waals surface area contributed by atoms with E-state index in [0.717, 1.165) is 0 Å². The Balaban J connectivity index is 2.65. The third kappa shape index (κ3) is 4.22. The van der Waals surface area contributed by atoms with Crippen LogP contribution < -0.4 is 5.32 Å². The fourth-order valence-corrected chi connectivity index (χ4v) is 1.61. The van der Waals surface area contributed by atoms with Gasteiger partial charge in [0.25, 0.3) is 0 Å². The van der Waals surface area contributed by atoms with Gasteiger partial charge in [0.15, 0.2) is 0 Å². The van der Waals surface area contributed by atoms with Gasteiger partial charge >= 0.3 is 0 Å². The molecule has 1 rings (SSSR count). The van der Waals surface area contributed by atoms with Gasteiger partial charge in [0, 0.05) is 12.5 Å². The van der Waals surface area contributed by atoms with Crippen molar-refractivity contribution in [2.75, 3.05) is 5.32 Å². The monoisotopic (exact) mass is 269 g/mol. The van der Waals surface area contributed by atoms with E-state index in [1.54, 1.807) is 6.07 Å². The van der Waals surface area contributed by atoms with Crippen LogP contribution in [0.3, 0.4) is 0 Å². The zero-order valence-electron chi connectivity index (χ0n) is 11.2. The summed E-state index contributed by atoms with van der Waals surface area (Å²) < 4.78 is 0. The summed E-state index contributed by atoms with van der Waals surface area (Å²) in [6.45, 7) is 8.38. The number of hydrogen-bond acceptors (Lipinski definition) is 2. The van der Waals surface area contributed by atoms with E-state index in [0.29, 0.717) is 17.1 Å². The Morgan fingerprint density at radius 1 is 1.44 bits per heavy atom. The van der Waals surface area contributed by atoms with Crippen molar-refractivity contribution < 1.29 is 9.90 Å². The Hall–Kier alpha value is -1.22. The molecule has 4 heteroatoms. The smallest absolute Gasteiger partial charge is 0.224 e. The lowest BCUT2D eigenvalue weighted by Crippen LogP contribution is -2.24. The van der Waals surface area contributed by atoms with Gasteiger partial charge in [-0.05, 0) is 23.5 Å². The second-order valence-corrected chi connectivity index (χ2v) is 6.09. The van der Waals surface area contributed by atoms with Crippen LogP contribution in [0.5, 0.6) is 5.75 Å². The quantitative estimate of drug-likeness (QED) is 0.813. The molecule has 2 N–H and O–H groups in total. The van der Waals surface area contributed by atoms with Crippen LogP contribution in [-0.4, -0.2) is 11.0 Å². The number of amides is 1. The second-order valence-electron chi connectivity index (χ2n) is 5.68. The lowest BCUT2D eigenvalue weighted by Gasteiger charge is -2.26. The molecule has 100 valence electrons. The molecule has 0 saturated carbocycles. The van der Waals surface area contributed by atoms with Crippen molar-refractivity contribution in [3.63, 3.8) is 0 Å². The standard InChI is InChI=1S/C14H20ClNO2/c1-9(14(2,3)4)7-13(18)16-12-6-5-10(17)8-11(12)15/h5-6,8-9,17H,7H2,1-4H3,(H,16,18). The molecule has 1 amide bonds. The number of halogens is 1. The zero-order valence-corrected chi connectivity index (χ0v) is 12.0. The fraction of sp³-hybridized carbons (Fsp3) is 0.500. The topological polar surface area (TPSA) is 49.3 Å². The van der Waals surface area contributed by atoms with E-state index in [1.165, 1.54) is 12.1 Å². The minimum absolute atomic E-state index is 0.0648. The number of aromatic hydroxyl groups is 1. The Morgan fingerprint density at radius 2 is 2.06 bits per heavy atom. The summed E-state index contributed by atoms with van der Waals surface area (Å²) in [5, 5.41) is 12.3. The van der Waals surface area contributed by atoms with E-state index >= 15 is 0 Å². The first kappa shape index (κ1) is 14.8. The number of nitrogens with one attached hydrogen (secondary N) is 1. The third-order valence-corrected chi connectivity index (χ3v) is 3.51. The van der Waals surface area contributed by atoms with Gasteiger partial charge in [-0.15, -0.1) is 0 Å². The average molecular weight is 270 g/mol. The van der Waals surface area contributed by atoms with Crippen molar-refractivity contribution in [2.24, 2.45) is 11.3 Å². The van der Waals surface area contributed by atoms with Crippen molar-refractivity contribution in [1.82, 2.24) is 0 Å². The summed E-state index contributed by atoms with van der Waals surface area (Å²) >= 11 is 5.93. The van der Waals surface area contributed by atoms with Crippen molar-refractivity contribution in [2.45, 2.75) is 34.1 Å². The van der Waals surface area contributed by atoms with Crippen LogP contribution in [0.1, 0.15) is 34.1 Å². The summed E-state index contributed by atoms with van der Waals surface area (Å²) in [5.41, 5.74) is 0.622. The van der Waals surface area contributed by atoms with Crippen molar-refractivity contribution in [3.05, 3.63) is 23.2 Å². The van der Waals surface area contributed by atoms with E-state index in [4.69, 9.17) is 11.6 Å². The lowest BCUT2D eigenvalue weighted by atomic mass is 9.80. The molecule has 0 spiro atoms. The Kier molecular flexibility index (Phi) is 4.63. The second kappa shape index (κ2) is 5.61. The maximum atomic E-state index is 11.9. The molecule has 0 saturated heterocycles. The number of carbonyl (C=O) groups excluding carboxylic acids is 1. The highest BCUT2D eigenvalue weighted by molar-refractivity contribution is 6.33. The molecule has 1 unspecified atom stereocenters. The summed E-state index contributed by atoms with van der Waals surface area (Å²) in [5.74, 6) is 0.291. The Morgan fingerprint density at radius 3 is 2.56 bits per heavy atom. The first-order chi connectivity index (χ1) is 8.20. The third-order valence-electron chi connectivity index (χ3n) is 3.20. The van der Waals surface area contributed by atoms with E-state index in [9.17, 15) is 9.90 Å². The van der Waals surface area contributed by atoms with Crippen molar-refractivity contribution in [1.29, 1.82) is 0 Å². The Bertz CT molecular complexity index is 438. The van der Waals surface area contributed by atoms with E-state index in [-0.39, 0.29) is 23.0 Å². The van der Waals surface area contributed by atoms with Crippen LogP contribution in [0.4, 0.5) is 5.69 Å². The van der Waals surface area contributed by atoms with E-state index < -0.39 is 0 Å². The minimum Gasteiger partial charge on any atom is -0.508 e. The predicted octanol–water partition coefficient (Wildman–Crippen LogP) is 4.06. The first-order valence-corrected chi connectivity index (χ1v) is 6.36. The molecule has 18 heavy (non-hydrogen) atoms. The summed E-state index contributed by atoms with van der Waals surface area (Å²) in [7, 11) is 0. The average Bonchev–Trinajstić information content (AvgIpc) is 2.20. The number of hydrogen-bond donors (Lipinski definition) is 2. The Labute approximate surface area is 113 Å². The molecule has 0 aromatic heterocycles. The number of phenolic OH excluding ortho intramolecular Hbond substituents is 1. The maximum Gasteiger partial charge on any atom is 0.224 e. The molecule has 0 bridgehead atoms. The van der Waals surface area contributed by atoms with Gasteiger partial charge in [0.1, 0.15) is 5.75 Å². The molecule has 3 nitrogen and oxygen atoms in total. The zero-order chi connectivity index (χ0) is 13.9. The summed E-state index contributed by atoms with van der Waals surface area (Å²) in [6.07, 6.45) is 0.445. The van der Waals surface area contributed by atoms with E-state index in [1.807, 2.05) is 0 Å². The number of benzene rings is 1. The minimum atomic E-state index is -0.0648. The molecule has 1 aromatic carbocycles. The molecule has 1 atom stereocenters. The van der Waals surface area contributed by atoms with Gasteiger partial charge in [0.05, 0.1) is 10.7 Å². The molecule has 0 aliphatic rings. The number of carbonyl (C=O) groups is 1. The van der Waals surface area contributed by atoms with Crippen molar-refractivity contribution >= 4 is 23.2 Å². The molecule has 0 fully saturated rings. The normalized spacial score (nSPS) is 13.2. The van der Waals surface area contributed by atoms with Crippen molar-refractivity contribution in [3.8, 4) is 5.75 Å². The highest BCUT2D eigenvalue weighted by atomic mass is 35.5. The maximum absolute atomic E-state index is 11.9. The van der Waals surface area contributed by atoms with Gasteiger partial charge in [0.2, 0.25) is 5.91 Å². The van der Waals surface area contributed by atoms with Gasteiger partial charge in [-0.25, -0.2) is 0 Å². The number of anilines is 1. The number of rotatable bonds is 3. The molecule has 0 aliphatic heterocycles.